The fraction of sp³-hybridized carbons (Fsp3) is 0.0769. The predicted molar refractivity (Wildman–Crippen MR) is 69.2 cm³/mol. The lowest BCUT2D eigenvalue weighted by molar-refractivity contribution is -0.384. The summed E-state index contributed by atoms with van der Waals surface area (Å²) in [6, 6.07) is 13.3. The summed E-state index contributed by atoms with van der Waals surface area (Å²) in [7, 11) is 0. The highest BCUT2D eigenvalue weighted by molar-refractivity contribution is 6.17. The molecule has 18 heavy (non-hydrogen) atoms. The fourth-order valence-electron chi connectivity index (χ4n) is 1.48. The maximum absolute atomic E-state index is 10.5. The highest BCUT2D eigenvalue weighted by atomic mass is 35.5. The van der Waals surface area contributed by atoms with Gasteiger partial charge in [0.2, 0.25) is 0 Å². The van der Waals surface area contributed by atoms with Crippen molar-refractivity contribution in [3.05, 3.63) is 64.2 Å². The van der Waals surface area contributed by atoms with E-state index in [1.807, 2.05) is 18.2 Å². The van der Waals surface area contributed by atoms with Crippen LogP contribution >= 0.6 is 11.6 Å². The number of para-hydroxylation sites is 1. The van der Waals surface area contributed by atoms with Crippen LogP contribution < -0.4 is 4.74 Å². The van der Waals surface area contributed by atoms with Gasteiger partial charge in [-0.2, -0.15) is 0 Å². The normalized spacial score (nSPS) is 10.1. The SMILES string of the molecule is O=[N+]([O-])c1ccc(Oc2ccccc2CCl)cc1. The Morgan fingerprint density at radius 3 is 2.39 bits per heavy atom. The lowest BCUT2D eigenvalue weighted by atomic mass is 10.2. The summed E-state index contributed by atoms with van der Waals surface area (Å²) in [6.07, 6.45) is 0. The zero-order chi connectivity index (χ0) is 13.0. The standard InChI is InChI=1S/C13H10ClNO3/c14-9-10-3-1-2-4-13(10)18-12-7-5-11(6-8-12)15(16)17/h1-8H,9H2. The molecule has 2 aromatic carbocycles. The third-order valence-corrected chi connectivity index (χ3v) is 2.68. The molecule has 0 saturated carbocycles. The lowest BCUT2D eigenvalue weighted by Gasteiger charge is -2.08. The largest absolute Gasteiger partial charge is 0.457 e. The van der Waals surface area contributed by atoms with Crippen LogP contribution in [-0.4, -0.2) is 4.92 Å². The van der Waals surface area contributed by atoms with E-state index >= 15 is 0 Å². The molecular weight excluding hydrogens is 254 g/mol. The number of alkyl halides is 1. The molecule has 0 unspecified atom stereocenters. The number of halogens is 1. The smallest absolute Gasteiger partial charge is 0.269 e. The molecule has 0 aliphatic rings. The number of non-ortho nitro benzene ring substituents is 1. The average molecular weight is 264 g/mol. The molecule has 0 radical (unpaired) electrons. The van der Waals surface area contributed by atoms with Crippen molar-refractivity contribution in [2.45, 2.75) is 5.88 Å². The van der Waals surface area contributed by atoms with Gasteiger partial charge in [-0.1, -0.05) is 18.2 Å². The Labute approximate surface area is 109 Å². The fourth-order valence-corrected chi connectivity index (χ4v) is 1.70. The van der Waals surface area contributed by atoms with Gasteiger partial charge < -0.3 is 4.74 Å². The lowest BCUT2D eigenvalue weighted by Crippen LogP contribution is -1.90. The summed E-state index contributed by atoms with van der Waals surface area (Å²) in [5.74, 6) is 1.54. The number of hydrogen-bond acceptors (Lipinski definition) is 3. The highest BCUT2D eigenvalue weighted by Gasteiger charge is 2.06. The molecule has 5 heteroatoms. The minimum atomic E-state index is -0.448. The third-order valence-electron chi connectivity index (χ3n) is 2.39. The van der Waals surface area contributed by atoms with Gasteiger partial charge in [-0.15, -0.1) is 11.6 Å². The second-order valence-electron chi connectivity index (χ2n) is 3.59. The summed E-state index contributed by atoms with van der Waals surface area (Å²) in [6.45, 7) is 0. The van der Waals surface area contributed by atoms with E-state index in [1.165, 1.54) is 12.1 Å². The van der Waals surface area contributed by atoms with Crippen LogP contribution in [0.5, 0.6) is 11.5 Å². The van der Waals surface area contributed by atoms with E-state index in [9.17, 15) is 10.1 Å². The molecule has 0 spiro atoms. The second kappa shape index (κ2) is 5.51. The first-order chi connectivity index (χ1) is 8.70. The molecule has 0 atom stereocenters. The molecule has 0 saturated heterocycles. The molecule has 92 valence electrons. The van der Waals surface area contributed by atoms with E-state index in [4.69, 9.17) is 16.3 Å². The van der Waals surface area contributed by atoms with E-state index in [0.717, 1.165) is 5.56 Å². The molecule has 0 fully saturated rings. The van der Waals surface area contributed by atoms with Crippen molar-refractivity contribution < 1.29 is 9.66 Å². The summed E-state index contributed by atoms with van der Waals surface area (Å²) >= 11 is 5.80. The zero-order valence-corrected chi connectivity index (χ0v) is 10.1. The Bertz CT molecular complexity index is 554. The molecule has 4 nitrogen and oxygen atoms in total. The Hall–Kier alpha value is -2.07. The van der Waals surface area contributed by atoms with Gasteiger partial charge in [0, 0.05) is 17.7 Å². The highest BCUT2D eigenvalue weighted by Crippen LogP contribution is 2.27. The van der Waals surface area contributed by atoms with Crippen molar-refractivity contribution in [3.63, 3.8) is 0 Å². The van der Waals surface area contributed by atoms with Crippen LogP contribution in [0.1, 0.15) is 5.56 Å². The first-order valence-corrected chi connectivity index (χ1v) is 5.80. The van der Waals surface area contributed by atoms with Gasteiger partial charge in [-0.3, -0.25) is 10.1 Å². The maximum atomic E-state index is 10.5. The van der Waals surface area contributed by atoms with Crippen LogP contribution in [0.15, 0.2) is 48.5 Å². The van der Waals surface area contributed by atoms with Crippen molar-refractivity contribution in [1.82, 2.24) is 0 Å². The van der Waals surface area contributed by atoms with Crippen molar-refractivity contribution in [2.24, 2.45) is 0 Å². The Morgan fingerprint density at radius 2 is 1.78 bits per heavy atom. The van der Waals surface area contributed by atoms with Gasteiger partial charge in [0.15, 0.2) is 0 Å². The van der Waals surface area contributed by atoms with Crippen molar-refractivity contribution in [2.75, 3.05) is 0 Å². The quantitative estimate of drug-likeness (QED) is 0.473. The number of hydrogen-bond donors (Lipinski definition) is 0. The van der Waals surface area contributed by atoms with Gasteiger partial charge in [0.1, 0.15) is 11.5 Å². The number of rotatable bonds is 4. The van der Waals surface area contributed by atoms with E-state index in [-0.39, 0.29) is 5.69 Å². The van der Waals surface area contributed by atoms with E-state index in [2.05, 4.69) is 0 Å². The van der Waals surface area contributed by atoms with Crippen LogP contribution in [-0.2, 0) is 5.88 Å². The monoisotopic (exact) mass is 263 g/mol. The maximum Gasteiger partial charge on any atom is 0.269 e. The number of nitro groups is 1. The van der Waals surface area contributed by atoms with Crippen LogP contribution in [0.2, 0.25) is 0 Å². The van der Waals surface area contributed by atoms with E-state index in [1.54, 1.807) is 18.2 Å². The van der Waals surface area contributed by atoms with Crippen molar-refractivity contribution >= 4 is 17.3 Å². The van der Waals surface area contributed by atoms with Crippen molar-refractivity contribution in [1.29, 1.82) is 0 Å². The Kier molecular flexibility index (Phi) is 3.79. The first-order valence-electron chi connectivity index (χ1n) is 5.27. The molecule has 0 amide bonds. The second-order valence-corrected chi connectivity index (χ2v) is 3.86. The third kappa shape index (κ3) is 2.78. The summed E-state index contributed by atoms with van der Waals surface area (Å²) in [5.41, 5.74) is 0.908. The number of ether oxygens (including phenoxy) is 1. The summed E-state index contributed by atoms with van der Waals surface area (Å²) < 4.78 is 5.63. The first kappa shape index (κ1) is 12.4. The van der Waals surface area contributed by atoms with Gasteiger partial charge in [0.25, 0.3) is 5.69 Å². The average Bonchev–Trinajstić information content (AvgIpc) is 2.40. The number of nitrogens with zero attached hydrogens (tertiary/aromatic N) is 1. The van der Waals surface area contributed by atoms with Gasteiger partial charge in [0.05, 0.1) is 10.8 Å². The molecule has 0 bridgehead atoms. The molecule has 0 aromatic heterocycles. The van der Waals surface area contributed by atoms with Gasteiger partial charge >= 0.3 is 0 Å². The van der Waals surface area contributed by atoms with Crippen molar-refractivity contribution in [3.8, 4) is 11.5 Å². The summed E-state index contributed by atoms with van der Waals surface area (Å²) in [5, 5.41) is 10.5. The van der Waals surface area contributed by atoms with Crippen LogP contribution in [0.25, 0.3) is 0 Å². The minimum Gasteiger partial charge on any atom is -0.457 e. The molecular formula is C13H10ClNO3. The number of benzene rings is 2. The predicted octanol–water partition coefficient (Wildman–Crippen LogP) is 4.13. The van der Waals surface area contributed by atoms with E-state index < -0.39 is 4.92 Å². The molecule has 0 heterocycles. The topological polar surface area (TPSA) is 52.4 Å². The molecule has 0 aliphatic carbocycles. The minimum absolute atomic E-state index is 0.0352. The zero-order valence-electron chi connectivity index (χ0n) is 9.38. The van der Waals surface area contributed by atoms with Gasteiger partial charge in [-0.05, 0) is 18.2 Å². The van der Waals surface area contributed by atoms with Crippen LogP contribution in [0.3, 0.4) is 0 Å². The Morgan fingerprint density at radius 1 is 1.11 bits per heavy atom. The van der Waals surface area contributed by atoms with E-state index in [0.29, 0.717) is 17.4 Å². The number of nitro benzene ring substituents is 1. The Balaban J connectivity index is 2.21. The molecule has 0 aliphatic heterocycles. The summed E-state index contributed by atoms with van der Waals surface area (Å²) in [4.78, 5) is 10.1. The molecule has 0 N–H and O–H groups in total. The molecule has 2 aromatic rings. The van der Waals surface area contributed by atoms with Crippen LogP contribution in [0, 0.1) is 10.1 Å². The van der Waals surface area contributed by atoms with Crippen LogP contribution in [0.4, 0.5) is 5.69 Å². The van der Waals surface area contributed by atoms with Gasteiger partial charge in [-0.25, -0.2) is 0 Å². The molecule has 2 rings (SSSR count).